The van der Waals surface area contributed by atoms with Gasteiger partial charge in [-0.15, -0.1) is 49.6 Å². The minimum Gasteiger partial charge on any atom is -0.493 e. The quantitative estimate of drug-likeness (QED) is 0.0309. The number of aliphatic imine (C=N–C) groups is 4. The Bertz CT molecular complexity index is 1780. The largest absolute Gasteiger partial charge is 0.493 e. The fourth-order valence-corrected chi connectivity index (χ4v) is 7.02. The second-order valence-corrected chi connectivity index (χ2v) is 14.4. The molecule has 1 aliphatic rings. The molecule has 64 heavy (non-hydrogen) atoms. The molecule has 0 aliphatic heterocycles. The zero-order chi connectivity index (χ0) is 42.7. The lowest BCUT2D eigenvalue weighted by molar-refractivity contribution is 0.301. The number of hydrogen-bond donors (Lipinski definition) is 8. The van der Waals surface area contributed by atoms with E-state index in [0.29, 0.717) is 104 Å². The number of para-hydroxylation sites is 4. The van der Waals surface area contributed by atoms with E-state index in [4.69, 9.17) is 64.8 Å². The van der Waals surface area contributed by atoms with Crippen molar-refractivity contribution in [2.75, 3.05) is 52.6 Å². The van der Waals surface area contributed by atoms with Gasteiger partial charge in [0.05, 0.1) is 26.4 Å². The molecule has 4 aromatic carbocycles. The standard InChI is InChI=1S/C44H60N12O4.4ClH/c45-41(46)53-17-5-21-57-37-29-9-1-10-30(37)26-32-12-3-14-34(39(32)59-23-7-19-55-43(49)50)28-36-16-4-15-35(40(36)60-24-8-20-56-44(51)52)27-33-13-2-11-31(25-29)38(33)58-22-6-18-54-42(47)48;;;;/h1-4,9-16H,5-8,17-28H2,(H4,45,46,53)(H4,47,48,54)(H4,49,50,55)(H4,51,52,56);4*1H. The molecule has 0 unspecified atom stereocenters. The van der Waals surface area contributed by atoms with Crippen LogP contribution in [0.4, 0.5) is 0 Å². The number of nitrogens with two attached hydrogens (primary N) is 8. The fraction of sp³-hybridized carbons (Fsp3) is 0.364. The van der Waals surface area contributed by atoms with Gasteiger partial charge >= 0.3 is 0 Å². The highest BCUT2D eigenvalue weighted by atomic mass is 35.5. The van der Waals surface area contributed by atoms with Crippen molar-refractivity contribution in [1.82, 2.24) is 0 Å². The normalized spacial score (nSPS) is 11.0. The topological polar surface area (TPSA) is 295 Å². The highest BCUT2D eigenvalue weighted by molar-refractivity contribution is 5.86. The number of benzene rings is 4. The molecule has 16 N–H and O–H groups in total. The second kappa shape index (κ2) is 29.6. The monoisotopic (exact) mass is 964 g/mol. The average Bonchev–Trinajstić information content (AvgIpc) is 3.20. The summed E-state index contributed by atoms with van der Waals surface area (Å²) < 4.78 is 26.6. The Morgan fingerprint density at radius 2 is 0.500 bits per heavy atom. The van der Waals surface area contributed by atoms with Gasteiger partial charge in [0.15, 0.2) is 23.8 Å². The Balaban J connectivity index is 0.00000512. The van der Waals surface area contributed by atoms with Gasteiger partial charge in [-0.25, -0.2) is 0 Å². The van der Waals surface area contributed by atoms with Crippen molar-refractivity contribution >= 4 is 73.5 Å². The van der Waals surface area contributed by atoms with Gasteiger partial charge in [0.1, 0.15) is 23.0 Å². The molecular weight excluding hydrogens is 902 g/mol. The minimum absolute atomic E-state index is 0. The second-order valence-electron chi connectivity index (χ2n) is 14.4. The third-order valence-corrected chi connectivity index (χ3v) is 9.61. The number of halogens is 4. The summed E-state index contributed by atoms with van der Waals surface area (Å²) in [5.41, 5.74) is 52.9. The third kappa shape index (κ3) is 17.8. The van der Waals surface area contributed by atoms with Crippen molar-refractivity contribution in [3.05, 3.63) is 117 Å². The summed E-state index contributed by atoms with van der Waals surface area (Å²) in [5, 5.41) is 0. The number of guanidine groups is 4. The zero-order valence-electron chi connectivity index (χ0n) is 35.9. The molecule has 0 saturated heterocycles. The van der Waals surface area contributed by atoms with E-state index in [1.165, 1.54) is 0 Å². The van der Waals surface area contributed by atoms with E-state index in [1.807, 2.05) is 0 Å². The number of hydrogen-bond acceptors (Lipinski definition) is 8. The molecule has 16 nitrogen and oxygen atoms in total. The van der Waals surface area contributed by atoms with Crippen LogP contribution in [0.5, 0.6) is 23.0 Å². The summed E-state index contributed by atoms with van der Waals surface area (Å²) in [5.74, 6) is 3.38. The molecule has 0 spiro atoms. The van der Waals surface area contributed by atoms with E-state index in [1.54, 1.807) is 0 Å². The summed E-state index contributed by atoms with van der Waals surface area (Å²) in [6, 6.07) is 25.1. The fourth-order valence-electron chi connectivity index (χ4n) is 7.02. The SMILES string of the molecule is Cl.Cl.Cl.Cl.NC(N)=NCCCOc1c2cccc1Cc1cccc(c1OCCCN=C(N)N)Cc1cccc(c1OCCCN=C(N)N)Cc1cccc(c1OCCCN=C(N)N)C2. The van der Waals surface area contributed by atoms with Crippen LogP contribution in [0.25, 0.3) is 0 Å². The Labute approximate surface area is 400 Å². The van der Waals surface area contributed by atoms with Crippen molar-refractivity contribution in [3.8, 4) is 23.0 Å². The lowest BCUT2D eigenvalue weighted by Crippen LogP contribution is -2.23. The molecule has 4 aromatic rings. The van der Waals surface area contributed by atoms with Crippen LogP contribution in [0.1, 0.15) is 70.2 Å². The van der Waals surface area contributed by atoms with Crippen LogP contribution in [0.15, 0.2) is 92.8 Å². The number of nitrogens with zero attached hydrogens (tertiary/aromatic N) is 4. The molecular formula is C44H64Cl4N12O4. The zero-order valence-corrected chi connectivity index (χ0v) is 39.2. The van der Waals surface area contributed by atoms with Crippen molar-refractivity contribution in [3.63, 3.8) is 0 Å². The van der Waals surface area contributed by atoms with E-state index in [-0.39, 0.29) is 73.5 Å². The number of ether oxygens (including phenoxy) is 4. The highest BCUT2D eigenvalue weighted by Crippen LogP contribution is 2.39. The lowest BCUT2D eigenvalue weighted by atomic mass is 9.91. The van der Waals surface area contributed by atoms with Gasteiger partial charge in [-0.1, -0.05) is 72.8 Å². The van der Waals surface area contributed by atoms with E-state index >= 15 is 0 Å². The molecule has 0 aromatic heterocycles. The summed E-state index contributed by atoms with van der Waals surface area (Å²) in [6.07, 6.45) is 4.66. The van der Waals surface area contributed by atoms with Crippen molar-refractivity contribution in [2.45, 2.75) is 51.4 Å². The molecule has 8 bridgehead atoms. The van der Waals surface area contributed by atoms with Crippen LogP contribution in [0.3, 0.4) is 0 Å². The summed E-state index contributed by atoms with van der Waals surface area (Å²) in [4.78, 5) is 16.6. The molecule has 0 heterocycles. The first-order chi connectivity index (χ1) is 29.1. The van der Waals surface area contributed by atoms with Gasteiger partial charge in [0.2, 0.25) is 0 Å². The van der Waals surface area contributed by atoms with Gasteiger partial charge in [-0.05, 0) is 44.5 Å². The van der Waals surface area contributed by atoms with Gasteiger partial charge in [-0.3, -0.25) is 20.0 Å². The van der Waals surface area contributed by atoms with Crippen LogP contribution in [0.2, 0.25) is 0 Å². The maximum Gasteiger partial charge on any atom is 0.185 e. The van der Waals surface area contributed by atoms with Crippen LogP contribution < -0.4 is 64.8 Å². The molecule has 5 rings (SSSR count). The van der Waals surface area contributed by atoms with E-state index in [0.717, 1.165) is 67.5 Å². The molecule has 20 heteroatoms. The van der Waals surface area contributed by atoms with Crippen molar-refractivity contribution in [1.29, 1.82) is 0 Å². The van der Waals surface area contributed by atoms with Gasteiger partial charge in [0, 0.05) is 77.5 Å². The van der Waals surface area contributed by atoms with Gasteiger partial charge in [-0.2, -0.15) is 0 Å². The highest BCUT2D eigenvalue weighted by Gasteiger charge is 2.22. The molecule has 0 atom stereocenters. The number of fused-ring (bicyclic) bond motifs is 8. The van der Waals surface area contributed by atoms with Crippen molar-refractivity contribution < 1.29 is 18.9 Å². The molecule has 352 valence electrons. The number of rotatable bonds is 20. The maximum atomic E-state index is 6.66. The summed E-state index contributed by atoms with van der Waals surface area (Å²) in [6.45, 7) is 3.42. The third-order valence-electron chi connectivity index (χ3n) is 9.61. The Morgan fingerprint density at radius 1 is 0.328 bits per heavy atom. The van der Waals surface area contributed by atoms with Crippen LogP contribution in [-0.4, -0.2) is 76.4 Å². The predicted octanol–water partition coefficient (Wildman–Crippen LogP) is 4.22. The molecule has 0 fully saturated rings. The summed E-state index contributed by atoms with van der Waals surface area (Å²) >= 11 is 0. The maximum absolute atomic E-state index is 6.66. The summed E-state index contributed by atoms with van der Waals surface area (Å²) in [7, 11) is 0. The Hall–Kier alpha value is -5.68. The van der Waals surface area contributed by atoms with Gasteiger partial charge < -0.3 is 64.8 Å². The Kier molecular flexibility index (Phi) is 26.1. The minimum atomic E-state index is 0. The van der Waals surface area contributed by atoms with Crippen LogP contribution in [0, 0.1) is 0 Å². The Morgan fingerprint density at radius 3 is 0.656 bits per heavy atom. The van der Waals surface area contributed by atoms with Crippen LogP contribution in [-0.2, 0) is 25.7 Å². The molecule has 1 aliphatic carbocycles. The van der Waals surface area contributed by atoms with Crippen molar-refractivity contribution in [2.24, 2.45) is 65.8 Å². The first kappa shape index (κ1) is 56.3. The molecule has 0 saturated carbocycles. The van der Waals surface area contributed by atoms with E-state index < -0.39 is 0 Å². The predicted molar refractivity (Wildman–Crippen MR) is 269 cm³/mol. The first-order valence-corrected chi connectivity index (χ1v) is 20.2. The molecule has 0 radical (unpaired) electrons. The van der Waals surface area contributed by atoms with Gasteiger partial charge in [0.25, 0.3) is 0 Å². The van der Waals surface area contributed by atoms with E-state index in [9.17, 15) is 0 Å². The average molecular weight is 967 g/mol. The molecule has 0 amide bonds. The smallest absolute Gasteiger partial charge is 0.185 e. The van der Waals surface area contributed by atoms with Crippen LogP contribution >= 0.6 is 49.6 Å². The lowest BCUT2D eigenvalue weighted by Gasteiger charge is -2.23. The van der Waals surface area contributed by atoms with E-state index in [2.05, 4.69) is 92.8 Å². The first-order valence-electron chi connectivity index (χ1n) is 20.2.